The molecule has 2 saturated heterocycles. The van der Waals surface area contributed by atoms with Gasteiger partial charge in [0.05, 0.1) is 18.1 Å². The highest BCUT2D eigenvalue weighted by Gasteiger charge is 2.90. The molecule has 2 aliphatic heterocycles. The molecule has 0 aromatic heterocycles. The van der Waals surface area contributed by atoms with Gasteiger partial charge in [-0.15, -0.1) is 0 Å². The molecule has 0 N–H and O–H groups in total. The van der Waals surface area contributed by atoms with E-state index in [2.05, 4.69) is 20.8 Å². The number of fused-ring (bicyclic) bond motifs is 1. The fourth-order valence-electron chi connectivity index (χ4n) is 5.97. The van der Waals surface area contributed by atoms with E-state index in [-0.39, 0.29) is 17.0 Å². The van der Waals surface area contributed by atoms with Gasteiger partial charge in [-0.05, 0) is 33.1 Å². The monoisotopic (exact) mass is 326 g/mol. The fraction of sp³-hybridized carbons (Fsp3) is 0.944. The number of ether oxygens (including phenoxy) is 4. The van der Waals surface area contributed by atoms with Crippen molar-refractivity contribution >= 4 is 5.97 Å². The van der Waals surface area contributed by atoms with Gasteiger partial charge in [-0.3, -0.25) is 4.79 Å². The Morgan fingerprint density at radius 1 is 1.04 bits per heavy atom. The van der Waals surface area contributed by atoms with E-state index in [4.69, 9.17) is 18.9 Å². The molecule has 0 aromatic rings. The maximum atomic E-state index is 12.7. The van der Waals surface area contributed by atoms with E-state index in [1.165, 1.54) is 7.11 Å². The third-order valence-electron chi connectivity index (χ3n) is 6.54. The lowest BCUT2D eigenvalue weighted by molar-refractivity contribution is -0.523. The van der Waals surface area contributed by atoms with E-state index >= 15 is 0 Å². The van der Waals surface area contributed by atoms with Gasteiger partial charge in [-0.25, -0.2) is 0 Å². The molecule has 5 nitrogen and oxygen atoms in total. The molecule has 2 heterocycles. The van der Waals surface area contributed by atoms with E-state index < -0.39 is 17.0 Å². The molecule has 0 unspecified atom stereocenters. The Hall–Kier alpha value is -0.650. The van der Waals surface area contributed by atoms with Crippen LogP contribution in [0.4, 0.5) is 0 Å². The molecule has 3 fully saturated rings. The molecule has 0 aromatic carbocycles. The van der Waals surface area contributed by atoms with Crippen molar-refractivity contribution in [1.82, 2.24) is 0 Å². The van der Waals surface area contributed by atoms with Crippen LogP contribution in [0.25, 0.3) is 0 Å². The van der Waals surface area contributed by atoms with E-state index in [0.717, 1.165) is 32.1 Å². The summed E-state index contributed by atoms with van der Waals surface area (Å²) in [7, 11) is 3.06. The largest absolute Gasteiger partial charge is 0.468 e. The lowest BCUT2D eigenvalue weighted by Crippen LogP contribution is -2.81. The maximum Gasteiger partial charge on any atom is 0.317 e. The SMILES string of the molecule is CCC[C@@]12C[C@]3(C)[C@](CCC)(O1)O[C@@]3(OC)[C@](C)(C(=O)OC)C2. The Labute approximate surface area is 139 Å². The molecule has 23 heavy (non-hydrogen) atoms. The third kappa shape index (κ3) is 1.66. The van der Waals surface area contributed by atoms with Gasteiger partial charge in [0, 0.05) is 13.5 Å². The summed E-state index contributed by atoms with van der Waals surface area (Å²) in [4.78, 5) is 12.7. The highest BCUT2D eigenvalue weighted by molar-refractivity contribution is 5.79. The predicted octanol–water partition coefficient (Wildman–Crippen LogP) is 3.40. The van der Waals surface area contributed by atoms with E-state index in [0.29, 0.717) is 6.42 Å². The van der Waals surface area contributed by atoms with Gasteiger partial charge in [-0.1, -0.05) is 26.7 Å². The van der Waals surface area contributed by atoms with Crippen molar-refractivity contribution in [3.63, 3.8) is 0 Å². The van der Waals surface area contributed by atoms with Crippen LogP contribution >= 0.6 is 0 Å². The number of hydrogen-bond acceptors (Lipinski definition) is 5. The molecular formula is C18H30O5. The summed E-state index contributed by atoms with van der Waals surface area (Å²) < 4.78 is 24.1. The molecule has 132 valence electrons. The summed E-state index contributed by atoms with van der Waals surface area (Å²) in [6, 6.07) is 0. The van der Waals surface area contributed by atoms with E-state index in [1.807, 2.05) is 6.92 Å². The maximum absolute atomic E-state index is 12.7. The number of esters is 1. The van der Waals surface area contributed by atoms with Crippen LogP contribution in [0.2, 0.25) is 0 Å². The minimum atomic E-state index is -0.976. The zero-order valence-corrected chi connectivity index (χ0v) is 15.3. The Bertz CT molecular complexity index is 518. The smallest absolute Gasteiger partial charge is 0.317 e. The molecule has 0 spiro atoms. The Morgan fingerprint density at radius 3 is 2.22 bits per heavy atom. The molecule has 3 rings (SSSR count). The first-order valence-electron chi connectivity index (χ1n) is 8.78. The normalized spacial score (nSPS) is 50.5. The molecule has 3 aliphatic rings. The van der Waals surface area contributed by atoms with Crippen LogP contribution in [-0.4, -0.2) is 37.4 Å². The van der Waals surface area contributed by atoms with Crippen molar-refractivity contribution in [3.05, 3.63) is 0 Å². The standard InChI is InChI=1S/C18H30O5/c1-7-9-16-11-14(3,13(19)20-5)18(21-6)15(4,12-16)17(22-16,23-18)10-8-2/h7-12H2,1-6H3/t14-,15+,16+,17+,18-/m0/s1. The Balaban J connectivity index is 2.14. The number of methoxy groups -OCH3 is 2. The number of carbonyl (C=O) groups is 1. The minimum Gasteiger partial charge on any atom is -0.468 e. The van der Waals surface area contributed by atoms with Crippen molar-refractivity contribution in [3.8, 4) is 0 Å². The minimum absolute atomic E-state index is 0.277. The van der Waals surface area contributed by atoms with Crippen molar-refractivity contribution in [1.29, 1.82) is 0 Å². The van der Waals surface area contributed by atoms with Gasteiger partial charge in [0.15, 0.2) is 11.6 Å². The topological polar surface area (TPSA) is 54.0 Å². The Kier molecular flexibility index (Phi) is 3.68. The number of hydrogen-bond donors (Lipinski definition) is 0. The second-order valence-corrected chi connectivity index (χ2v) is 7.97. The predicted molar refractivity (Wildman–Crippen MR) is 84.7 cm³/mol. The van der Waals surface area contributed by atoms with Gasteiger partial charge in [0.25, 0.3) is 0 Å². The molecule has 5 heteroatoms. The van der Waals surface area contributed by atoms with Crippen LogP contribution in [0.3, 0.4) is 0 Å². The molecule has 2 bridgehead atoms. The van der Waals surface area contributed by atoms with Crippen LogP contribution in [0, 0.1) is 10.8 Å². The van der Waals surface area contributed by atoms with Crippen molar-refractivity contribution in [2.45, 2.75) is 83.4 Å². The summed E-state index contributed by atoms with van der Waals surface area (Å²) >= 11 is 0. The molecule has 0 amide bonds. The second-order valence-electron chi connectivity index (χ2n) is 7.97. The van der Waals surface area contributed by atoms with Gasteiger partial charge in [0.2, 0.25) is 0 Å². The average Bonchev–Trinajstić information content (AvgIpc) is 2.59. The zero-order valence-electron chi connectivity index (χ0n) is 15.3. The van der Waals surface area contributed by atoms with E-state index in [9.17, 15) is 4.79 Å². The highest BCUT2D eigenvalue weighted by Crippen LogP contribution is 2.79. The van der Waals surface area contributed by atoms with Crippen LogP contribution < -0.4 is 0 Å². The first-order chi connectivity index (χ1) is 10.7. The van der Waals surface area contributed by atoms with Crippen molar-refractivity contribution in [2.24, 2.45) is 10.8 Å². The lowest BCUT2D eigenvalue weighted by atomic mass is 9.49. The van der Waals surface area contributed by atoms with Crippen LogP contribution in [0.1, 0.15) is 66.2 Å². The fourth-order valence-corrected chi connectivity index (χ4v) is 5.97. The third-order valence-corrected chi connectivity index (χ3v) is 6.54. The number of rotatable bonds is 6. The summed E-state index contributed by atoms with van der Waals surface area (Å²) in [6.45, 7) is 8.36. The van der Waals surface area contributed by atoms with Gasteiger partial charge < -0.3 is 18.9 Å². The summed E-state index contributed by atoms with van der Waals surface area (Å²) in [5.41, 5.74) is -1.55. The lowest BCUT2D eigenvalue weighted by Gasteiger charge is -2.68. The summed E-state index contributed by atoms with van der Waals surface area (Å²) in [5.74, 6) is -1.89. The van der Waals surface area contributed by atoms with Gasteiger partial charge in [0.1, 0.15) is 5.41 Å². The van der Waals surface area contributed by atoms with Crippen LogP contribution in [0.5, 0.6) is 0 Å². The summed E-state index contributed by atoms with van der Waals surface area (Å²) in [6.07, 6.45) is 5.16. The van der Waals surface area contributed by atoms with Gasteiger partial charge in [-0.2, -0.15) is 0 Å². The first-order valence-corrected chi connectivity index (χ1v) is 8.78. The van der Waals surface area contributed by atoms with Gasteiger partial charge >= 0.3 is 5.97 Å². The van der Waals surface area contributed by atoms with Crippen LogP contribution in [0.15, 0.2) is 0 Å². The first kappa shape index (κ1) is 17.2. The molecule has 0 radical (unpaired) electrons. The molecule has 5 atom stereocenters. The average molecular weight is 326 g/mol. The Morgan fingerprint density at radius 2 is 1.70 bits per heavy atom. The van der Waals surface area contributed by atoms with E-state index in [1.54, 1.807) is 7.11 Å². The van der Waals surface area contributed by atoms with Crippen molar-refractivity contribution in [2.75, 3.05) is 14.2 Å². The quantitative estimate of drug-likeness (QED) is 0.700. The second kappa shape index (κ2) is 4.93. The highest BCUT2D eigenvalue weighted by atomic mass is 16.8. The zero-order chi connectivity index (χ0) is 17.1. The molecule has 1 saturated carbocycles. The van der Waals surface area contributed by atoms with Crippen LogP contribution in [-0.2, 0) is 23.7 Å². The van der Waals surface area contributed by atoms with Crippen molar-refractivity contribution < 1.29 is 23.7 Å². The number of carbonyl (C=O) groups excluding carboxylic acids is 1. The molecule has 1 aliphatic carbocycles. The summed E-state index contributed by atoms with van der Waals surface area (Å²) in [5, 5.41) is 0. The molecular weight excluding hydrogens is 296 g/mol.